The summed E-state index contributed by atoms with van der Waals surface area (Å²) in [5, 5.41) is 13.3. The molecule has 8 nitrogen and oxygen atoms in total. The number of ether oxygens (including phenoxy) is 2. The van der Waals surface area contributed by atoms with E-state index < -0.39 is 17.8 Å². The first-order valence-corrected chi connectivity index (χ1v) is 12.5. The molecule has 0 bridgehead atoms. The Kier molecular flexibility index (Phi) is 8.06. The minimum atomic E-state index is -0.879. The van der Waals surface area contributed by atoms with Crippen LogP contribution in [-0.2, 0) is 16.2 Å². The summed E-state index contributed by atoms with van der Waals surface area (Å²) in [6.07, 6.45) is 1.32. The van der Waals surface area contributed by atoms with Crippen LogP contribution < -0.4 is 19.7 Å². The number of benzene rings is 3. The highest BCUT2D eigenvalue weighted by Gasteiger charge is 2.36. The lowest BCUT2D eigenvalue weighted by atomic mass is 10.1. The van der Waals surface area contributed by atoms with Gasteiger partial charge in [0.25, 0.3) is 11.8 Å². The molecule has 4 amide bonds. The van der Waals surface area contributed by atoms with E-state index in [1.54, 1.807) is 37.3 Å². The number of carbonyl (C=O) groups excluding carboxylic acids is 3. The summed E-state index contributed by atoms with van der Waals surface area (Å²) in [4.78, 5) is 39.1. The number of phenolic OH excluding ortho intramolecular Hbond substituents is 1. The Hall–Kier alpha value is -3.53. The quantitative estimate of drug-likeness (QED) is 0.249. The average Bonchev–Trinajstić information content (AvgIpc) is 2.85. The summed E-state index contributed by atoms with van der Waals surface area (Å²) >= 11 is 15.3. The second-order valence-electron chi connectivity index (χ2n) is 7.76. The molecule has 0 spiro atoms. The highest BCUT2D eigenvalue weighted by Crippen LogP contribution is 2.36. The van der Waals surface area contributed by atoms with E-state index in [2.05, 4.69) is 21.2 Å². The van der Waals surface area contributed by atoms with E-state index in [9.17, 15) is 19.5 Å². The lowest BCUT2D eigenvalue weighted by molar-refractivity contribution is -0.122. The number of halogens is 3. The zero-order chi connectivity index (χ0) is 26.7. The van der Waals surface area contributed by atoms with Gasteiger partial charge in [0.15, 0.2) is 11.5 Å². The zero-order valence-electron chi connectivity index (χ0n) is 19.3. The number of nitrogens with zero attached hydrogens (tertiary/aromatic N) is 1. The summed E-state index contributed by atoms with van der Waals surface area (Å²) in [5.41, 5.74) is 1.12. The molecule has 0 aromatic heterocycles. The van der Waals surface area contributed by atoms with Crippen molar-refractivity contribution in [2.45, 2.75) is 13.5 Å². The fourth-order valence-corrected chi connectivity index (χ4v) is 4.42. The highest BCUT2D eigenvalue weighted by atomic mass is 79.9. The standard InChI is InChI=1S/C26H19BrCl2N2O6/c1-2-36-22-11-14(10-20(27)23(22)32)9-19-24(33)30-26(35)31(25(19)34)17-5-7-18(8-6-17)37-13-15-3-4-16(28)12-21(15)29/h3-12,32H,2,13H2,1H3,(H,30,33,35)/b19-9+. The van der Waals surface area contributed by atoms with E-state index >= 15 is 0 Å². The zero-order valence-corrected chi connectivity index (χ0v) is 22.4. The Bertz CT molecular complexity index is 1430. The molecule has 3 aromatic rings. The number of imide groups is 2. The maximum absolute atomic E-state index is 13.2. The third-order valence-electron chi connectivity index (χ3n) is 5.27. The van der Waals surface area contributed by atoms with Gasteiger partial charge in [0, 0.05) is 15.6 Å². The molecule has 1 fully saturated rings. The van der Waals surface area contributed by atoms with Gasteiger partial charge in [-0.3, -0.25) is 14.9 Å². The monoisotopic (exact) mass is 604 g/mol. The van der Waals surface area contributed by atoms with Crippen LogP contribution in [0.4, 0.5) is 10.5 Å². The number of barbiturate groups is 1. The normalized spacial score (nSPS) is 14.6. The summed E-state index contributed by atoms with van der Waals surface area (Å²) < 4.78 is 11.5. The van der Waals surface area contributed by atoms with Gasteiger partial charge < -0.3 is 14.6 Å². The molecule has 3 aromatic carbocycles. The first-order chi connectivity index (χ1) is 17.7. The highest BCUT2D eigenvalue weighted by molar-refractivity contribution is 9.10. The van der Waals surface area contributed by atoms with Crippen molar-refractivity contribution in [3.8, 4) is 17.2 Å². The van der Waals surface area contributed by atoms with Gasteiger partial charge in [0.1, 0.15) is 17.9 Å². The van der Waals surface area contributed by atoms with Crippen molar-refractivity contribution in [3.63, 3.8) is 0 Å². The number of hydrogen-bond donors (Lipinski definition) is 2. The van der Waals surface area contributed by atoms with Crippen molar-refractivity contribution in [3.05, 3.63) is 85.8 Å². The minimum absolute atomic E-state index is 0.110. The van der Waals surface area contributed by atoms with Gasteiger partial charge in [-0.1, -0.05) is 29.3 Å². The second-order valence-corrected chi connectivity index (χ2v) is 9.46. The van der Waals surface area contributed by atoms with Crippen LogP contribution in [0.1, 0.15) is 18.1 Å². The molecule has 1 saturated heterocycles. The molecule has 2 N–H and O–H groups in total. The lowest BCUT2D eigenvalue weighted by Crippen LogP contribution is -2.54. The Morgan fingerprint density at radius 2 is 1.76 bits per heavy atom. The number of urea groups is 1. The van der Waals surface area contributed by atoms with Gasteiger partial charge in [-0.25, -0.2) is 9.69 Å². The molecule has 37 heavy (non-hydrogen) atoms. The van der Waals surface area contributed by atoms with Crippen molar-refractivity contribution in [2.75, 3.05) is 11.5 Å². The number of aromatic hydroxyl groups is 1. The third kappa shape index (κ3) is 5.90. The van der Waals surface area contributed by atoms with Gasteiger partial charge in [-0.15, -0.1) is 0 Å². The van der Waals surface area contributed by atoms with Crippen LogP contribution in [0.3, 0.4) is 0 Å². The van der Waals surface area contributed by atoms with Gasteiger partial charge >= 0.3 is 6.03 Å². The molecule has 0 atom stereocenters. The van der Waals surface area contributed by atoms with Crippen LogP contribution in [0.15, 0.2) is 64.6 Å². The Balaban J connectivity index is 1.56. The van der Waals surface area contributed by atoms with Crippen LogP contribution >= 0.6 is 39.1 Å². The van der Waals surface area contributed by atoms with E-state index in [1.165, 1.54) is 30.3 Å². The van der Waals surface area contributed by atoms with Crippen LogP contribution in [0.2, 0.25) is 10.0 Å². The van der Waals surface area contributed by atoms with E-state index in [0.717, 1.165) is 10.5 Å². The minimum Gasteiger partial charge on any atom is -0.503 e. The molecule has 0 unspecified atom stereocenters. The number of rotatable bonds is 7. The predicted molar refractivity (Wildman–Crippen MR) is 143 cm³/mol. The van der Waals surface area contributed by atoms with Crippen LogP contribution in [-0.4, -0.2) is 29.6 Å². The summed E-state index contributed by atoms with van der Waals surface area (Å²) in [7, 11) is 0. The summed E-state index contributed by atoms with van der Waals surface area (Å²) in [5.74, 6) is -1.11. The van der Waals surface area contributed by atoms with Crippen LogP contribution in [0, 0.1) is 0 Å². The fraction of sp³-hybridized carbons (Fsp3) is 0.115. The van der Waals surface area contributed by atoms with Crippen molar-refractivity contribution >= 4 is 68.7 Å². The average molecular weight is 606 g/mol. The lowest BCUT2D eigenvalue weighted by Gasteiger charge is -2.26. The molecule has 1 aliphatic rings. The van der Waals surface area contributed by atoms with Gasteiger partial charge in [0.2, 0.25) is 0 Å². The number of phenols is 1. The molecule has 4 rings (SSSR count). The summed E-state index contributed by atoms with van der Waals surface area (Å²) in [6, 6.07) is 13.4. The molecular weight excluding hydrogens is 587 g/mol. The molecule has 1 heterocycles. The molecule has 1 aliphatic heterocycles. The van der Waals surface area contributed by atoms with Gasteiger partial charge in [-0.2, -0.15) is 0 Å². The third-order valence-corrected chi connectivity index (χ3v) is 6.46. The number of hydrogen-bond acceptors (Lipinski definition) is 6. The summed E-state index contributed by atoms with van der Waals surface area (Å²) in [6.45, 7) is 2.24. The number of amides is 4. The topological polar surface area (TPSA) is 105 Å². The first-order valence-electron chi connectivity index (χ1n) is 10.9. The molecule has 0 saturated carbocycles. The molecular formula is C26H19BrCl2N2O6. The molecule has 0 aliphatic carbocycles. The Morgan fingerprint density at radius 1 is 1.03 bits per heavy atom. The van der Waals surface area contributed by atoms with E-state index in [1.807, 2.05) is 0 Å². The van der Waals surface area contributed by atoms with E-state index in [4.69, 9.17) is 32.7 Å². The Labute approximate surface area is 230 Å². The van der Waals surface area contributed by atoms with E-state index in [0.29, 0.717) is 32.4 Å². The molecule has 190 valence electrons. The van der Waals surface area contributed by atoms with Crippen LogP contribution in [0.25, 0.3) is 6.08 Å². The number of carbonyl (C=O) groups is 3. The maximum Gasteiger partial charge on any atom is 0.335 e. The molecule has 0 radical (unpaired) electrons. The first kappa shape index (κ1) is 26.5. The molecule has 11 heteroatoms. The predicted octanol–water partition coefficient (Wildman–Crippen LogP) is 6.11. The maximum atomic E-state index is 13.2. The SMILES string of the molecule is CCOc1cc(/C=C2\C(=O)NC(=O)N(c3ccc(OCc4ccc(Cl)cc4Cl)cc3)C2=O)cc(Br)c1O. The van der Waals surface area contributed by atoms with Crippen molar-refractivity contribution in [1.82, 2.24) is 5.32 Å². The van der Waals surface area contributed by atoms with Crippen LogP contribution in [0.5, 0.6) is 17.2 Å². The smallest absolute Gasteiger partial charge is 0.335 e. The number of anilines is 1. The van der Waals surface area contributed by atoms with Gasteiger partial charge in [-0.05, 0) is 83.0 Å². The van der Waals surface area contributed by atoms with Crippen molar-refractivity contribution in [2.24, 2.45) is 0 Å². The second kappa shape index (κ2) is 11.2. The largest absolute Gasteiger partial charge is 0.503 e. The van der Waals surface area contributed by atoms with E-state index in [-0.39, 0.29) is 29.4 Å². The van der Waals surface area contributed by atoms with Gasteiger partial charge in [0.05, 0.1) is 16.8 Å². The van der Waals surface area contributed by atoms with Crippen molar-refractivity contribution < 1.29 is 29.0 Å². The fourth-order valence-electron chi connectivity index (χ4n) is 3.49. The Morgan fingerprint density at radius 3 is 2.43 bits per heavy atom. The van der Waals surface area contributed by atoms with Crippen molar-refractivity contribution in [1.29, 1.82) is 0 Å². The number of nitrogens with one attached hydrogen (secondary N) is 1.